The minimum atomic E-state index is 0.727. The van der Waals surface area contributed by atoms with Crippen LogP contribution in [0.15, 0.2) is 42.5 Å². The summed E-state index contributed by atoms with van der Waals surface area (Å²) in [6.45, 7) is 8.10. The van der Waals surface area contributed by atoms with Gasteiger partial charge in [-0.15, -0.1) is 0 Å². The molecule has 2 aromatic rings. The Morgan fingerprint density at radius 2 is 2.00 bits per heavy atom. The lowest BCUT2D eigenvalue weighted by atomic mass is 10.0. The van der Waals surface area contributed by atoms with E-state index in [9.17, 15) is 0 Å². The van der Waals surface area contributed by atoms with Gasteiger partial charge < -0.3 is 5.32 Å². The summed E-state index contributed by atoms with van der Waals surface area (Å²) in [5.41, 5.74) is 1.46. The largest absolute Gasteiger partial charge is 0.316 e. The van der Waals surface area contributed by atoms with Crippen LogP contribution in [-0.2, 0) is 6.54 Å². The van der Waals surface area contributed by atoms with E-state index in [0.29, 0.717) is 0 Å². The average molecular weight is 268 g/mol. The smallest absolute Gasteiger partial charge is 0.0240 e. The molecule has 0 aliphatic carbocycles. The predicted molar refractivity (Wildman–Crippen MR) is 85.9 cm³/mol. The highest BCUT2D eigenvalue weighted by Gasteiger charge is 2.14. The maximum absolute atomic E-state index is 3.52. The van der Waals surface area contributed by atoms with E-state index in [1.807, 2.05) is 0 Å². The van der Waals surface area contributed by atoms with Gasteiger partial charge in [-0.3, -0.25) is 4.90 Å². The van der Waals surface area contributed by atoms with Gasteiger partial charge in [-0.1, -0.05) is 49.4 Å². The van der Waals surface area contributed by atoms with E-state index in [0.717, 1.165) is 25.6 Å². The Labute approximate surface area is 121 Å². The van der Waals surface area contributed by atoms with Crippen molar-refractivity contribution in [1.29, 1.82) is 0 Å². The van der Waals surface area contributed by atoms with Gasteiger partial charge in [0.05, 0.1) is 0 Å². The zero-order chi connectivity index (χ0) is 13.8. The molecule has 2 nitrogen and oxygen atoms in total. The molecular formula is C18H24N2. The fourth-order valence-corrected chi connectivity index (χ4v) is 3.19. The highest BCUT2D eigenvalue weighted by Crippen LogP contribution is 2.20. The van der Waals surface area contributed by atoms with E-state index in [2.05, 4.69) is 59.6 Å². The molecule has 0 saturated carbocycles. The van der Waals surface area contributed by atoms with Gasteiger partial charge in [0.2, 0.25) is 0 Å². The van der Waals surface area contributed by atoms with Crippen molar-refractivity contribution >= 4 is 10.8 Å². The third kappa shape index (κ3) is 3.20. The quantitative estimate of drug-likeness (QED) is 0.899. The number of hydrogen-bond acceptors (Lipinski definition) is 2. The second-order valence-corrected chi connectivity index (χ2v) is 6.04. The summed E-state index contributed by atoms with van der Waals surface area (Å²) >= 11 is 0. The van der Waals surface area contributed by atoms with Gasteiger partial charge in [-0.2, -0.15) is 0 Å². The molecule has 1 aliphatic heterocycles. The first-order valence-electron chi connectivity index (χ1n) is 7.72. The fraction of sp³-hybridized carbons (Fsp3) is 0.444. The van der Waals surface area contributed by atoms with Crippen LogP contribution in [0.3, 0.4) is 0 Å². The number of nitrogens with zero attached hydrogens (tertiary/aromatic N) is 1. The van der Waals surface area contributed by atoms with Crippen molar-refractivity contribution < 1.29 is 0 Å². The molecule has 1 aliphatic rings. The molecule has 1 N–H and O–H groups in total. The van der Waals surface area contributed by atoms with Crippen LogP contribution in [0.1, 0.15) is 18.9 Å². The van der Waals surface area contributed by atoms with E-state index < -0.39 is 0 Å². The van der Waals surface area contributed by atoms with Gasteiger partial charge in [0.15, 0.2) is 0 Å². The first-order valence-corrected chi connectivity index (χ1v) is 7.72. The SMILES string of the molecule is CC1CNCCCN(Cc2cccc3ccccc23)C1. The Hall–Kier alpha value is -1.38. The van der Waals surface area contributed by atoms with Crippen LogP contribution in [0, 0.1) is 5.92 Å². The number of rotatable bonds is 2. The van der Waals surface area contributed by atoms with Crippen LogP contribution in [0.4, 0.5) is 0 Å². The van der Waals surface area contributed by atoms with Gasteiger partial charge >= 0.3 is 0 Å². The van der Waals surface area contributed by atoms with Crippen molar-refractivity contribution in [1.82, 2.24) is 10.2 Å². The summed E-state index contributed by atoms with van der Waals surface area (Å²) in [5.74, 6) is 0.727. The maximum Gasteiger partial charge on any atom is 0.0240 e. The van der Waals surface area contributed by atoms with Crippen LogP contribution in [0.5, 0.6) is 0 Å². The lowest BCUT2D eigenvalue weighted by Gasteiger charge is -2.29. The van der Waals surface area contributed by atoms with Crippen LogP contribution in [0.25, 0.3) is 10.8 Å². The van der Waals surface area contributed by atoms with E-state index in [4.69, 9.17) is 0 Å². The molecule has 0 spiro atoms. The van der Waals surface area contributed by atoms with Crippen molar-refractivity contribution in [2.75, 3.05) is 26.2 Å². The maximum atomic E-state index is 3.52. The molecule has 1 unspecified atom stereocenters. The van der Waals surface area contributed by atoms with Crippen LogP contribution >= 0.6 is 0 Å². The molecule has 3 rings (SSSR count). The highest BCUT2D eigenvalue weighted by molar-refractivity contribution is 5.85. The lowest BCUT2D eigenvalue weighted by Crippen LogP contribution is -2.38. The summed E-state index contributed by atoms with van der Waals surface area (Å²) in [4.78, 5) is 2.62. The standard InChI is InChI=1S/C18H24N2/c1-15-12-19-10-5-11-20(13-15)14-17-8-4-7-16-6-2-3-9-18(16)17/h2-4,6-9,15,19H,5,10-14H2,1H3. The van der Waals surface area contributed by atoms with Gasteiger partial charge in [0.1, 0.15) is 0 Å². The third-order valence-corrected chi connectivity index (χ3v) is 4.16. The normalized spacial score (nSPS) is 21.6. The Balaban J connectivity index is 1.80. The summed E-state index contributed by atoms with van der Waals surface area (Å²) in [7, 11) is 0. The van der Waals surface area contributed by atoms with Crippen LogP contribution in [-0.4, -0.2) is 31.1 Å². The molecule has 1 saturated heterocycles. The summed E-state index contributed by atoms with van der Waals surface area (Å²) < 4.78 is 0. The molecule has 0 aromatic heterocycles. The van der Waals surface area contributed by atoms with Crippen molar-refractivity contribution in [3.05, 3.63) is 48.0 Å². The van der Waals surface area contributed by atoms with Crippen molar-refractivity contribution in [2.24, 2.45) is 5.92 Å². The molecular weight excluding hydrogens is 244 g/mol. The van der Waals surface area contributed by atoms with Crippen LogP contribution < -0.4 is 5.32 Å². The molecule has 106 valence electrons. The Morgan fingerprint density at radius 3 is 2.95 bits per heavy atom. The van der Waals surface area contributed by atoms with Gasteiger partial charge in [-0.05, 0) is 48.3 Å². The Kier molecular flexibility index (Phi) is 4.34. The first-order chi connectivity index (χ1) is 9.83. The third-order valence-electron chi connectivity index (χ3n) is 4.16. The minimum absolute atomic E-state index is 0.727. The van der Waals surface area contributed by atoms with Gasteiger partial charge in [0, 0.05) is 13.1 Å². The summed E-state index contributed by atoms with van der Waals surface area (Å²) in [5, 5.41) is 6.28. The van der Waals surface area contributed by atoms with Crippen molar-refractivity contribution in [2.45, 2.75) is 19.9 Å². The fourth-order valence-electron chi connectivity index (χ4n) is 3.19. The van der Waals surface area contributed by atoms with Gasteiger partial charge in [0.25, 0.3) is 0 Å². The average Bonchev–Trinajstić information content (AvgIpc) is 2.45. The number of fused-ring (bicyclic) bond motifs is 1. The molecule has 2 heteroatoms. The molecule has 2 aromatic carbocycles. The molecule has 1 fully saturated rings. The minimum Gasteiger partial charge on any atom is -0.316 e. The van der Waals surface area contributed by atoms with E-state index in [1.165, 1.54) is 35.8 Å². The van der Waals surface area contributed by atoms with Gasteiger partial charge in [-0.25, -0.2) is 0 Å². The van der Waals surface area contributed by atoms with Crippen LogP contribution in [0.2, 0.25) is 0 Å². The Bertz CT molecular complexity index is 559. The van der Waals surface area contributed by atoms with E-state index >= 15 is 0 Å². The topological polar surface area (TPSA) is 15.3 Å². The zero-order valence-corrected chi connectivity index (χ0v) is 12.3. The molecule has 0 amide bonds. The number of benzene rings is 2. The molecule has 0 bridgehead atoms. The number of nitrogens with one attached hydrogen (secondary N) is 1. The predicted octanol–water partition coefficient (Wildman–Crippen LogP) is 3.27. The first kappa shape index (κ1) is 13.6. The molecule has 20 heavy (non-hydrogen) atoms. The zero-order valence-electron chi connectivity index (χ0n) is 12.3. The summed E-state index contributed by atoms with van der Waals surface area (Å²) in [6, 6.07) is 15.4. The number of hydrogen-bond donors (Lipinski definition) is 1. The summed E-state index contributed by atoms with van der Waals surface area (Å²) in [6.07, 6.45) is 1.25. The van der Waals surface area contributed by atoms with E-state index in [-0.39, 0.29) is 0 Å². The van der Waals surface area contributed by atoms with Crippen molar-refractivity contribution in [3.63, 3.8) is 0 Å². The van der Waals surface area contributed by atoms with Crippen molar-refractivity contribution in [3.8, 4) is 0 Å². The Morgan fingerprint density at radius 1 is 1.15 bits per heavy atom. The van der Waals surface area contributed by atoms with E-state index in [1.54, 1.807) is 0 Å². The second kappa shape index (κ2) is 6.38. The lowest BCUT2D eigenvalue weighted by molar-refractivity contribution is 0.209. The monoisotopic (exact) mass is 268 g/mol. The molecule has 0 radical (unpaired) electrons. The molecule has 1 heterocycles. The highest BCUT2D eigenvalue weighted by atomic mass is 15.1. The second-order valence-electron chi connectivity index (χ2n) is 6.04. The molecule has 1 atom stereocenters.